The van der Waals surface area contributed by atoms with Crippen molar-refractivity contribution in [1.29, 1.82) is 0 Å². The van der Waals surface area contributed by atoms with E-state index in [-0.39, 0.29) is 35.1 Å². The van der Waals surface area contributed by atoms with E-state index in [1.54, 1.807) is 0 Å². The average molecular weight is 405 g/mol. The Morgan fingerprint density at radius 2 is 1.52 bits per heavy atom. The number of benzene rings is 2. The fraction of sp³-hybridized carbons (Fsp3) is 0.100. The average Bonchev–Trinajstić information content (AvgIpc) is 2.64. The second kappa shape index (κ2) is 8.59. The normalized spacial score (nSPS) is 10.5. The molecule has 2 N–H and O–H groups in total. The second-order valence-corrected chi connectivity index (χ2v) is 5.99. The van der Waals surface area contributed by atoms with Gasteiger partial charge < -0.3 is 15.4 Å². The molecule has 0 bridgehead atoms. The monoisotopic (exact) mass is 405 g/mol. The number of amides is 1. The zero-order valence-corrected chi connectivity index (χ0v) is 15.1. The molecule has 0 spiro atoms. The molecule has 0 aliphatic carbocycles. The first-order valence-corrected chi connectivity index (χ1v) is 8.35. The van der Waals surface area contributed by atoms with Crippen LogP contribution >= 0.6 is 0 Å². The van der Waals surface area contributed by atoms with Crippen LogP contribution in [0, 0.1) is 23.3 Å². The van der Waals surface area contributed by atoms with E-state index in [0.29, 0.717) is 0 Å². The van der Waals surface area contributed by atoms with Gasteiger partial charge in [0, 0.05) is 24.4 Å². The number of nitrogens with one attached hydrogen (secondary N) is 2. The molecule has 0 unspecified atom stereocenters. The zero-order chi connectivity index (χ0) is 21.0. The van der Waals surface area contributed by atoms with Gasteiger partial charge in [0.2, 0.25) is 0 Å². The van der Waals surface area contributed by atoms with Crippen molar-refractivity contribution < 1.29 is 27.1 Å². The number of halogens is 4. The minimum Gasteiger partial charge on any atom is -0.494 e. The molecule has 150 valence electrons. The highest BCUT2D eigenvalue weighted by atomic mass is 19.1. The number of carbonyl (C=O) groups is 1. The molecule has 3 rings (SSSR count). The summed E-state index contributed by atoms with van der Waals surface area (Å²) in [4.78, 5) is 16.6. The Kier molecular flexibility index (Phi) is 5.96. The number of nitrogens with zero attached hydrogens (tertiary/aromatic N) is 1. The Balaban J connectivity index is 1.79. The summed E-state index contributed by atoms with van der Waals surface area (Å²) in [6, 6.07) is 8.65. The van der Waals surface area contributed by atoms with E-state index in [9.17, 15) is 22.4 Å². The molecule has 1 aromatic heterocycles. The van der Waals surface area contributed by atoms with Crippen LogP contribution in [0.4, 0.5) is 29.1 Å². The van der Waals surface area contributed by atoms with E-state index in [0.717, 1.165) is 36.4 Å². The minimum atomic E-state index is -0.777. The van der Waals surface area contributed by atoms with Crippen LogP contribution in [-0.2, 0) is 6.54 Å². The van der Waals surface area contributed by atoms with E-state index in [2.05, 4.69) is 15.6 Å². The van der Waals surface area contributed by atoms with Crippen molar-refractivity contribution in [3.05, 3.63) is 83.1 Å². The lowest BCUT2D eigenvalue weighted by Gasteiger charge is -2.12. The Labute approximate surface area is 163 Å². The van der Waals surface area contributed by atoms with Crippen molar-refractivity contribution in [3.8, 4) is 5.75 Å². The first-order chi connectivity index (χ1) is 13.8. The fourth-order valence-electron chi connectivity index (χ4n) is 2.60. The molecular formula is C20H15F4N3O2. The van der Waals surface area contributed by atoms with Crippen LogP contribution in [0.15, 0.2) is 48.5 Å². The first-order valence-electron chi connectivity index (χ1n) is 8.35. The Morgan fingerprint density at radius 3 is 2.10 bits per heavy atom. The van der Waals surface area contributed by atoms with Crippen LogP contribution in [0.1, 0.15) is 16.1 Å². The van der Waals surface area contributed by atoms with Gasteiger partial charge in [-0.25, -0.2) is 22.5 Å². The third-order valence-electron chi connectivity index (χ3n) is 3.80. The van der Waals surface area contributed by atoms with Gasteiger partial charge in [0.05, 0.1) is 7.11 Å². The molecule has 3 aromatic rings. The maximum Gasteiger partial charge on any atom is 0.274 e. The highest BCUT2D eigenvalue weighted by molar-refractivity contribution is 5.95. The Bertz CT molecular complexity index is 1020. The molecule has 0 saturated carbocycles. The molecule has 1 heterocycles. The summed E-state index contributed by atoms with van der Waals surface area (Å²) in [7, 11) is 1.34. The number of anilines is 2. The van der Waals surface area contributed by atoms with Gasteiger partial charge in [-0.3, -0.25) is 4.79 Å². The second-order valence-electron chi connectivity index (χ2n) is 5.99. The molecule has 0 aliphatic heterocycles. The van der Waals surface area contributed by atoms with Gasteiger partial charge in [-0.1, -0.05) is 0 Å². The number of pyridine rings is 1. The number of hydrogen-bond donors (Lipinski definition) is 2. The van der Waals surface area contributed by atoms with Crippen molar-refractivity contribution in [2.24, 2.45) is 0 Å². The fourth-order valence-corrected chi connectivity index (χ4v) is 2.60. The van der Waals surface area contributed by atoms with Crippen LogP contribution in [0.2, 0.25) is 0 Å². The van der Waals surface area contributed by atoms with E-state index in [1.807, 2.05) is 0 Å². The van der Waals surface area contributed by atoms with Gasteiger partial charge in [0.1, 0.15) is 34.8 Å². The maximum atomic E-state index is 13.3. The Hall–Kier alpha value is -3.62. The lowest BCUT2D eigenvalue weighted by Crippen LogP contribution is -2.24. The van der Waals surface area contributed by atoms with Crippen molar-refractivity contribution in [2.75, 3.05) is 12.4 Å². The number of methoxy groups -OCH3 is 1. The molecule has 5 nitrogen and oxygen atoms in total. The van der Waals surface area contributed by atoms with E-state index >= 15 is 0 Å². The van der Waals surface area contributed by atoms with Gasteiger partial charge in [-0.15, -0.1) is 0 Å². The number of aromatic nitrogens is 1. The number of hydrogen-bond acceptors (Lipinski definition) is 4. The summed E-state index contributed by atoms with van der Waals surface area (Å²) in [5.41, 5.74) is 0.201. The molecule has 2 aromatic carbocycles. The van der Waals surface area contributed by atoms with Gasteiger partial charge in [0.25, 0.3) is 5.91 Å². The van der Waals surface area contributed by atoms with E-state index in [1.165, 1.54) is 19.2 Å². The van der Waals surface area contributed by atoms with Gasteiger partial charge in [-0.2, -0.15) is 0 Å². The summed E-state index contributed by atoms with van der Waals surface area (Å²) in [5, 5.41) is 5.19. The molecule has 0 saturated heterocycles. The predicted molar refractivity (Wildman–Crippen MR) is 98.0 cm³/mol. The van der Waals surface area contributed by atoms with Crippen molar-refractivity contribution in [1.82, 2.24) is 10.3 Å². The van der Waals surface area contributed by atoms with Crippen LogP contribution in [-0.4, -0.2) is 18.0 Å². The van der Waals surface area contributed by atoms with Crippen molar-refractivity contribution in [3.63, 3.8) is 0 Å². The van der Waals surface area contributed by atoms with Gasteiger partial charge >= 0.3 is 0 Å². The predicted octanol–water partition coefficient (Wildman–Crippen LogP) is 4.32. The first kappa shape index (κ1) is 20.1. The summed E-state index contributed by atoms with van der Waals surface area (Å²) in [6.45, 7) is -0.148. The molecular weight excluding hydrogens is 390 g/mol. The molecule has 0 atom stereocenters. The third-order valence-corrected chi connectivity index (χ3v) is 3.80. The SMILES string of the molecule is COc1ccc(Nc2cc(F)cc(F)c2)nc1C(=O)NCc1cc(F)cc(F)c1. The topological polar surface area (TPSA) is 63.2 Å². The standard InChI is InChI=1S/C20H15F4N3O2/c1-29-17-2-3-18(26-16-8-14(23)7-15(24)9-16)27-19(17)20(28)25-10-11-4-12(21)6-13(22)5-11/h2-9H,10H2,1H3,(H,25,28)(H,26,27). The van der Waals surface area contributed by atoms with Crippen LogP contribution < -0.4 is 15.4 Å². The van der Waals surface area contributed by atoms with E-state index in [4.69, 9.17) is 4.74 Å². The smallest absolute Gasteiger partial charge is 0.274 e. The molecule has 1 amide bonds. The highest BCUT2D eigenvalue weighted by Crippen LogP contribution is 2.23. The Morgan fingerprint density at radius 1 is 0.931 bits per heavy atom. The van der Waals surface area contributed by atoms with Gasteiger partial charge in [-0.05, 0) is 42.0 Å². The lowest BCUT2D eigenvalue weighted by molar-refractivity contribution is 0.0942. The zero-order valence-electron chi connectivity index (χ0n) is 15.1. The molecule has 0 fully saturated rings. The molecule has 9 heteroatoms. The van der Waals surface area contributed by atoms with Crippen LogP contribution in [0.3, 0.4) is 0 Å². The molecule has 0 aliphatic rings. The largest absolute Gasteiger partial charge is 0.494 e. The number of ether oxygens (including phenoxy) is 1. The van der Waals surface area contributed by atoms with Crippen molar-refractivity contribution in [2.45, 2.75) is 6.54 Å². The van der Waals surface area contributed by atoms with Gasteiger partial charge in [0.15, 0.2) is 5.69 Å². The summed E-state index contributed by atoms with van der Waals surface area (Å²) in [5.74, 6) is -3.47. The van der Waals surface area contributed by atoms with Crippen LogP contribution in [0.25, 0.3) is 0 Å². The number of carbonyl (C=O) groups excluding carboxylic acids is 1. The minimum absolute atomic E-state index is 0.0989. The van der Waals surface area contributed by atoms with Crippen molar-refractivity contribution >= 4 is 17.4 Å². The summed E-state index contributed by atoms with van der Waals surface area (Å²) in [6.07, 6.45) is 0. The summed E-state index contributed by atoms with van der Waals surface area (Å²) < 4.78 is 58.3. The molecule has 29 heavy (non-hydrogen) atoms. The number of rotatable bonds is 6. The quantitative estimate of drug-likeness (QED) is 0.600. The molecule has 0 radical (unpaired) electrons. The lowest BCUT2D eigenvalue weighted by atomic mass is 10.2. The highest BCUT2D eigenvalue weighted by Gasteiger charge is 2.16. The maximum absolute atomic E-state index is 13.3. The third kappa shape index (κ3) is 5.22. The summed E-state index contributed by atoms with van der Waals surface area (Å²) >= 11 is 0. The van der Waals surface area contributed by atoms with Crippen LogP contribution in [0.5, 0.6) is 5.75 Å². The van der Waals surface area contributed by atoms with E-state index < -0.39 is 29.2 Å².